The van der Waals surface area contributed by atoms with Crippen LogP contribution in [0.4, 0.5) is 11.6 Å². The minimum atomic E-state index is -0.574. The first-order valence-electron chi connectivity index (χ1n) is 12.4. The Morgan fingerprint density at radius 1 is 1.17 bits per heavy atom. The quantitative estimate of drug-likeness (QED) is 0.488. The van der Waals surface area contributed by atoms with Crippen LogP contribution in [-0.2, 0) is 15.7 Å². The van der Waals surface area contributed by atoms with Crippen molar-refractivity contribution in [1.82, 2.24) is 15.0 Å². The van der Waals surface area contributed by atoms with E-state index in [0.29, 0.717) is 23.1 Å². The number of esters is 1. The summed E-state index contributed by atoms with van der Waals surface area (Å²) in [7, 11) is 0. The number of fused-ring (bicyclic) bond motifs is 3. The number of cyclic esters (lactones) is 1. The lowest BCUT2D eigenvalue weighted by molar-refractivity contribution is -0.0285. The van der Waals surface area contributed by atoms with E-state index in [4.69, 9.17) is 20.2 Å². The zero-order valence-electron chi connectivity index (χ0n) is 20.6. The molecule has 0 amide bonds. The summed E-state index contributed by atoms with van der Waals surface area (Å²) in [6.07, 6.45) is 8.63. The number of rotatable bonds is 6. The third-order valence-corrected chi connectivity index (χ3v) is 7.96. The Labute approximate surface area is 204 Å². The van der Waals surface area contributed by atoms with Crippen molar-refractivity contribution in [2.24, 2.45) is 5.73 Å². The number of ether oxygens (including phenoxy) is 2. The number of aromatic nitrogens is 3. The highest BCUT2D eigenvalue weighted by molar-refractivity contribution is 5.94. The van der Waals surface area contributed by atoms with Crippen molar-refractivity contribution in [2.75, 3.05) is 5.32 Å². The van der Waals surface area contributed by atoms with E-state index in [9.17, 15) is 4.79 Å². The van der Waals surface area contributed by atoms with Gasteiger partial charge in [-0.15, -0.1) is 0 Å². The highest BCUT2D eigenvalue weighted by Crippen LogP contribution is 2.59. The van der Waals surface area contributed by atoms with Gasteiger partial charge in [0, 0.05) is 17.9 Å². The molecule has 6 rings (SSSR count). The Balaban J connectivity index is 1.40. The Bertz CT molecular complexity index is 1360. The molecule has 3 aliphatic rings. The van der Waals surface area contributed by atoms with Crippen LogP contribution in [0, 0.1) is 0 Å². The van der Waals surface area contributed by atoms with Gasteiger partial charge in [0.15, 0.2) is 0 Å². The van der Waals surface area contributed by atoms with Crippen molar-refractivity contribution in [1.29, 1.82) is 0 Å². The fourth-order valence-electron chi connectivity index (χ4n) is 5.09. The van der Waals surface area contributed by atoms with Gasteiger partial charge < -0.3 is 20.5 Å². The molecule has 2 aliphatic carbocycles. The van der Waals surface area contributed by atoms with Gasteiger partial charge in [-0.2, -0.15) is 0 Å². The van der Waals surface area contributed by atoms with Gasteiger partial charge in [-0.3, -0.25) is 0 Å². The monoisotopic (exact) mass is 473 g/mol. The van der Waals surface area contributed by atoms with Crippen LogP contribution in [0.5, 0.6) is 5.88 Å². The lowest BCUT2D eigenvalue weighted by atomic mass is 9.80. The number of nitrogens with two attached hydrogens (primary N) is 1. The number of carbonyl (C=O) groups is 1. The molecule has 0 unspecified atom stereocenters. The molecule has 8 heteroatoms. The Morgan fingerprint density at radius 3 is 2.63 bits per heavy atom. The zero-order valence-corrected chi connectivity index (χ0v) is 20.6. The fraction of sp³-hybridized carbons (Fsp3) is 0.481. The summed E-state index contributed by atoms with van der Waals surface area (Å²) < 4.78 is 11.8. The van der Waals surface area contributed by atoms with E-state index in [1.165, 1.54) is 0 Å². The van der Waals surface area contributed by atoms with Gasteiger partial charge in [0.1, 0.15) is 23.3 Å². The molecule has 0 bridgehead atoms. The van der Waals surface area contributed by atoms with E-state index in [2.05, 4.69) is 22.2 Å². The summed E-state index contributed by atoms with van der Waals surface area (Å²) in [6.45, 7) is 8.03. The van der Waals surface area contributed by atoms with Crippen LogP contribution in [-0.4, -0.2) is 32.6 Å². The first-order chi connectivity index (χ1) is 16.6. The van der Waals surface area contributed by atoms with E-state index < -0.39 is 11.1 Å². The number of nitrogens with one attached hydrogen (secondary N) is 1. The average molecular weight is 474 g/mol. The van der Waals surface area contributed by atoms with Crippen LogP contribution >= 0.6 is 0 Å². The summed E-state index contributed by atoms with van der Waals surface area (Å²) in [5.74, 6) is 1.57. The molecule has 2 saturated carbocycles. The van der Waals surface area contributed by atoms with Gasteiger partial charge in [0.25, 0.3) is 0 Å². The van der Waals surface area contributed by atoms with Crippen molar-refractivity contribution in [3.05, 3.63) is 47.4 Å². The second kappa shape index (κ2) is 7.37. The number of pyridine rings is 3. The molecular formula is C27H31N5O3. The van der Waals surface area contributed by atoms with Gasteiger partial charge in [0.05, 0.1) is 22.1 Å². The number of nitrogens with zero attached hydrogens (tertiary/aromatic N) is 3. The number of carbonyl (C=O) groups excluding carboxylic acids is 1. The van der Waals surface area contributed by atoms with Crippen LogP contribution in [0.15, 0.2) is 30.6 Å². The summed E-state index contributed by atoms with van der Waals surface area (Å²) in [5, 5.41) is 5.16. The SMILES string of the molecule is CC[C@@](C)(N)c1cnc(OC2CC2)c2cnc(Nc3ccc4c(n3)C3(CC3)C(C)(C)OC4=O)cc12. The predicted molar refractivity (Wildman–Crippen MR) is 133 cm³/mol. The molecule has 1 atom stereocenters. The highest BCUT2D eigenvalue weighted by atomic mass is 16.6. The van der Waals surface area contributed by atoms with Crippen LogP contribution < -0.4 is 15.8 Å². The molecule has 3 aromatic heterocycles. The summed E-state index contributed by atoms with van der Waals surface area (Å²) in [5.41, 5.74) is 7.62. The number of hydrogen-bond donors (Lipinski definition) is 2. The van der Waals surface area contributed by atoms with Gasteiger partial charge in [-0.25, -0.2) is 19.7 Å². The first-order valence-corrected chi connectivity index (χ1v) is 12.4. The molecule has 0 aromatic carbocycles. The second-order valence-corrected chi connectivity index (χ2v) is 10.9. The molecule has 0 saturated heterocycles. The summed E-state index contributed by atoms with van der Waals surface area (Å²) in [6, 6.07) is 5.59. The summed E-state index contributed by atoms with van der Waals surface area (Å²) in [4.78, 5) is 26.7. The minimum absolute atomic E-state index is 0.221. The largest absolute Gasteiger partial charge is 0.474 e. The molecule has 182 valence electrons. The molecule has 4 heterocycles. The van der Waals surface area contributed by atoms with Gasteiger partial charge >= 0.3 is 5.97 Å². The average Bonchev–Trinajstić information content (AvgIpc) is 3.73. The van der Waals surface area contributed by atoms with E-state index in [0.717, 1.165) is 54.1 Å². The number of anilines is 2. The molecule has 2 fully saturated rings. The third kappa shape index (κ3) is 3.54. The Hall–Kier alpha value is -3.26. The first kappa shape index (κ1) is 22.2. The fourth-order valence-corrected chi connectivity index (χ4v) is 5.09. The minimum Gasteiger partial charge on any atom is -0.474 e. The zero-order chi connectivity index (χ0) is 24.6. The molecule has 0 radical (unpaired) electrons. The van der Waals surface area contributed by atoms with Gasteiger partial charge in [-0.05, 0) is 82.0 Å². The van der Waals surface area contributed by atoms with Gasteiger partial charge in [-0.1, -0.05) is 6.92 Å². The lowest BCUT2D eigenvalue weighted by Crippen LogP contribution is -2.46. The molecule has 1 aliphatic heterocycles. The van der Waals surface area contributed by atoms with Crippen molar-refractivity contribution in [3.8, 4) is 5.88 Å². The maximum absolute atomic E-state index is 12.6. The topological polar surface area (TPSA) is 112 Å². The molecule has 8 nitrogen and oxygen atoms in total. The maximum Gasteiger partial charge on any atom is 0.340 e. The van der Waals surface area contributed by atoms with Crippen LogP contribution in [0.1, 0.15) is 81.4 Å². The highest BCUT2D eigenvalue weighted by Gasteiger charge is 2.63. The van der Waals surface area contributed by atoms with Crippen LogP contribution in [0.3, 0.4) is 0 Å². The van der Waals surface area contributed by atoms with Crippen molar-refractivity contribution in [3.63, 3.8) is 0 Å². The molecule has 3 aromatic rings. The van der Waals surface area contributed by atoms with E-state index in [1.54, 1.807) is 18.3 Å². The normalized spacial score (nSPS) is 21.2. The lowest BCUT2D eigenvalue weighted by Gasteiger charge is -2.39. The Kier molecular flexibility index (Phi) is 4.68. The van der Waals surface area contributed by atoms with Gasteiger partial charge in [0.2, 0.25) is 5.88 Å². The smallest absolute Gasteiger partial charge is 0.340 e. The van der Waals surface area contributed by atoms with Crippen LogP contribution in [0.25, 0.3) is 10.8 Å². The van der Waals surface area contributed by atoms with E-state index >= 15 is 0 Å². The maximum atomic E-state index is 12.6. The molecular weight excluding hydrogens is 442 g/mol. The van der Waals surface area contributed by atoms with Crippen molar-refractivity contribution in [2.45, 2.75) is 82.5 Å². The van der Waals surface area contributed by atoms with Crippen LogP contribution in [0.2, 0.25) is 0 Å². The predicted octanol–water partition coefficient (Wildman–Crippen LogP) is 4.87. The third-order valence-electron chi connectivity index (χ3n) is 7.96. The van der Waals surface area contributed by atoms with E-state index in [1.807, 2.05) is 33.0 Å². The molecule has 35 heavy (non-hydrogen) atoms. The summed E-state index contributed by atoms with van der Waals surface area (Å²) >= 11 is 0. The second-order valence-electron chi connectivity index (χ2n) is 10.9. The standard InChI is InChI=1S/C27H31N5O3/c1-5-26(4,28)19-14-30-23(34-15-6-7-15)18-13-29-21(12-17(18)19)31-20-9-8-16-22(32-20)27(10-11-27)25(2,3)35-24(16)33/h8-9,12-15H,5-7,10-11,28H2,1-4H3,(H,29,31,32)/t26-/m1/s1. The van der Waals surface area contributed by atoms with E-state index in [-0.39, 0.29) is 17.5 Å². The molecule has 3 N–H and O–H groups in total. The number of hydrogen-bond acceptors (Lipinski definition) is 8. The Morgan fingerprint density at radius 2 is 1.94 bits per heavy atom. The molecule has 1 spiro atoms. The van der Waals surface area contributed by atoms with Crippen molar-refractivity contribution >= 4 is 28.4 Å². The van der Waals surface area contributed by atoms with Crippen molar-refractivity contribution < 1.29 is 14.3 Å².